The first-order valence-corrected chi connectivity index (χ1v) is 7.63. The minimum atomic E-state index is 0.156. The van der Waals surface area contributed by atoms with Crippen LogP contribution in [-0.2, 0) is 9.53 Å². The summed E-state index contributed by atoms with van der Waals surface area (Å²) in [5.74, 6) is 1.39. The normalized spacial score (nSPS) is 33.9. The van der Waals surface area contributed by atoms with E-state index in [2.05, 4.69) is 20.8 Å². The molecule has 0 bridgehead atoms. The van der Waals surface area contributed by atoms with Crippen LogP contribution in [0.2, 0.25) is 0 Å². The van der Waals surface area contributed by atoms with Crippen LogP contribution in [0, 0.1) is 17.3 Å². The van der Waals surface area contributed by atoms with E-state index in [1.165, 1.54) is 19.3 Å². The molecule has 1 heterocycles. The summed E-state index contributed by atoms with van der Waals surface area (Å²) in [5, 5.41) is 0. The van der Waals surface area contributed by atoms with Crippen LogP contribution >= 0.6 is 0 Å². The Morgan fingerprint density at radius 2 is 2.06 bits per heavy atom. The number of rotatable bonds is 4. The van der Waals surface area contributed by atoms with Crippen molar-refractivity contribution in [2.45, 2.75) is 71.8 Å². The number of Topliss-reactive ketones (excluding diaryl/α,β-unsaturated/α-hetero) is 1. The minimum absolute atomic E-state index is 0.156. The van der Waals surface area contributed by atoms with Crippen molar-refractivity contribution in [2.24, 2.45) is 17.3 Å². The van der Waals surface area contributed by atoms with E-state index in [4.69, 9.17) is 4.74 Å². The molecule has 2 nitrogen and oxygen atoms in total. The van der Waals surface area contributed by atoms with E-state index in [1.54, 1.807) is 0 Å². The Morgan fingerprint density at radius 1 is 1.28 bits per heavy atom. The summed E-state index contributed by atoms with van der Waals surface area (Å²) in [5.41, 5.74) is 0.156. The van der Waals surface area contributed by atoms with Crippen LogP contribution < -0.4 is 0 Å². The predicted octanol–water partition coefficient (Wildman–Crippen LogP) is 3.98. The van der Waals surface area contributed by atoms with E-state index in [9.17, 15) is 4.79 Å². The van der Waals surface area contributed by atoms with Crippen molar-refractivity contribution >= 4 is 5.78 Å². The Kier molecular flexibility index (Phi) is 4.47. The smallest absolute Gasteiger partial charge is 0.136 e. The molecule has 0 radical (unpaired) electrons. The third kappa shape index (κ3) is 3.34. The van der Waals surface area contributed by atoms with E-state index in [0.29, 0.717) is 17.8 Å². The molecule has 0 aromatic carbocycles. The highest BCUT2D eigenvalue weighted by Crippen LogP contribution is 2.41. The summed E-state index contributed by atoms with van der Waals surface area (Å²) in [4.78, 5) is 12.2. The Labute approximate surface area is 111 Å². The lowest BCUT2D eigenvalue weighted by Crippen LogP contribution is -2.36. The SMILES string of the molecule is CC1CCC(C(C)(C)CCC2CCCO2)C(=O)C1. The molecule has 0 aromatic rings. The quantitative estimate of drug-likeness (QED) is 0.756. The molecule has 0 spiro atoms. The van der Waals surface area contributed by atoms with Crippen LogP contribution in [0.25, 0.3) is 0 Å². The fourth-order valence-electron chi connectivity index (χ4n) is 3.61. The standard InChI is InChI=1S/C16H28O2/c1-12-6-7-14(15(17)11-12)16(2,3)9-8-13-5-4-10-18-13/h12-14H,4-11H2,1-3H3. The van der Waals surface area contributed by atoms with Crippen LogP contribution in [0.1, 0.15) is 65.7 Å². The lowest BCUT2D eigenvalue weighted by Gasteiger charge is -2.38. The fraction of sp³-hybridized carbons (Fsp3) is 0.938. The molecular formula is C16H28O2. The second kappa shape index (κ2) is 5.73. The van der Waals surface area contributed by atoms with Gasteiger partial charge in [-0.3, -0.25) is 4.79 Å². The lowest BCUT2D eigenvalue weighted by molar-refractivity contribution is -0.130. The zero-order chi connectivity index (χ0) is 13.2. The van der Waals surface area contributed by atoms with Gasteiger partial charge in [0.05, 0.1) is 6.10 Å². The predicted molar refractivity (Wildman–Crippen MR) is 73.5 cm³/mol. The van der Waals surface area contributed by atoms with Gasteiger partial charge in [0.2, 0.25) is 0 Å². The summed E-state index contributed by atoms with van der Waals surface area (Å²) >= 11 is 0. The number of ether oxygens (including phenoxy) is 1. The van der Waals surface area contributed by atoms with E-state index < -0.39 is 0 Å². The maximum absolute atomic E-state index is 12.2. The highest BCUT2D eigenvalue weighted by molar-refractivity contribution is 5.82. The molecule has 3 unspecified atom stereocenters. The Morgan fingerprint density at radius 3 is 2.67 bits per heavy atom. The van der Waals surface area contributed by atoms with Crippen molar-refractivity contribution in [2.75, 3.05) is 6.61 Å². The van der Waals surface area contributed by atoms with Crippen LogP contribution in [0.4, 0.5) is 0 Å². The first kappa shape index (κ1) is 14.0. The molecule has 0 amide bonds. The summed E-state index contributed by atoms with van der Waals surface area (Å²) in [6, 6.07) is 0. The average Bonchev–Trinajstić information content (AvgIpc) is 2.78. The van der Waals surface area contributed by atoms with E-state index in [1.807, 2.05) is 0 Å². The number of carbonyl (C=O) groups is 1. The number of hydrogen-bond donors (Lipinski definition) is 0. The molecule has 0 N–H and O–H groups in total. The van der Waals surface area contributed by atoms with Gasteiger partial charge >= 0.3 is 0 Å². The van der Waals surface area contributed by atoms with Gasteiger partial charge in [0.25, 0.3) is 0 Å². The fourth-order valence-corrected chi connectivity index (χ4v) is 3.61. The third-order valence-corrected chi connectivity index (χ3v) is 4.96. The van der Waals surface area contributed by atoms with Gasteiger partial charge in [-0.25, -0.2) is 0 Å². The van der Waals surface area contributed by atoms with Gasteiger partial charge < -0.3 is 4.74 Å². The van der Waals surface area contributed by atoms with Crippen molar-refractivity contribution in [3.05, 3.63) is 0 Å². The zero-order valence-electron chi connectivity index (χ0n) is 12.2. The molecule has 1 saturated heterocycles. The van der Waals surface area contributed by atoms with Gasteiger partial charge in [-0.2, -0.15) is 0 Å². The van der Waals surface area contributed by atoms with Gasteiger partial charge in [-0.15, -0.1) is 0 Å². The molecule has 2 rings (SSSR count). The Balaban J connectivity index is 1.86. The number of hydrogen-bond acceptors (Lipinski definition) is 2. The monoisotopic (exact) mass is 252 g/mol. The Hall–Kier alpha value is -0.370. The molecule has 1 aliphatic heterocycles. The van der Waals surface area contributed by atoms with Crippen LogP contribution in [-0.4, -0.2) is 18.5 Å². The molecular weight excluding hydrogens is 224 g/mol. The molecule has 104 valence electrons. The molecule has 1 saturated carbocycles. The first-order valence-electron chi connectivity index (χ1n) is 7.63. The molecule has 3 atom stereocenters. The second-order valence-corrected chi connectivity index (χ2v) is 7.07. The van der Waals surface area contributed by atoms with Crippen molar-refractivity contribution in [3.8, 4) is 0 Å². The molecule has 18 heavy (non-hydrogen) atoms. The van der Waals surface area contributed by atoms with Crippen LogP contribution in [0.15, 0.2) is 0 Å². The highest BCUT2D eigenvalue weighted by atomic mass is 16.5. The van der Waals surface area contributed by atoms with Crippen molar-refractivity contribution in [1.29, 1.82) is 0 Å². The van der Waals surface area contributed by atoms with Gasteiger partial charge in [0.1, 0.15) is 5.78 Å². The van der Waals surface area contributed by atoms with Crippen molar-refractivity contribution in [1.82, 2.24) is 0 Å². The van der Waals surface area contributed by atoms with Gasteiger partial charge in [0, 0.05) is 18.9 Å². The molecule has 2 heteroatoms. The lowest BCUT2D eigenvalue weighted by atomic mass is 9.66. The van der Waals surface area contributed by atoms with E-state index in [0.717, 1.165) is 32.3 Å². The highest BCUT2D eigenvalue weighted by Gasteiger charge is 2.38. The topological polar surface area (TPSA) is 26.3 Å². The van der Waals surface area contributed by atoms with Crippen molar-refractivity contribution < 1.29 is 9.53 Å². The first-order chi connectivity index (χ1) is 8.49. The van der Waals surface area contributed by atoms with Gasteiger partial charge in [-0.1, -0.05) is 20.8 Å². The van der Waals surface area contributed by atoms with Gasteiger partial charge in [0.15, 0.2) is 0 Å². The Bertz CT molecular complexity index is 289. The molecule has 1 aliphatic carbocycles. The summed E-state index contributed by atoms with van der Waals surface area (Å²) < 4.78 is 5.69. The molecule has 2 fully saturated rings. The second-order valence-electron chi connectivity index (χ2n) is 7.07. The maximum Gasteiger partial charge on any atom is 0.136 e. The minimum Gasteiger partial charge on any atom is -0.378 e. The molecule has 0 aromatic heterocycles. The average molecular weight is 252 g/mol. The van der Waals surface area contributed by atoms with Crippen molar-refractivity contribution in [3.63, 3.8) is 0 Å². The van der Waals surface area contributed by atoms with Crippen LogP contribution in [0.5, 0.6) is 0 Å². The maximum atomic E-state index is 12.2. The number of ketones is 1. The summed E-state index contributed by atoms with van der Waals surface area (Å²) in [7, 11) is 0. The number of carbonyl (C=O) groups excluding carboxylic acids is 1. The zero-order valence-corrected chi connectivity index (χ0v) is 12.2. The van der Waals surface area contributed by atoms with E-state index >= 15 is 0 Å². The third-order valence-electron chi connectivity index (χ3n) is 4.96. The van der Waals surface area contributed by atoms with Gasteiger partial charge in [-0.05, 0) is 49.9 Å². The molecule has 2 aliphatic rings. The van der Waals surface area contributed by atoms with E-state index in [-0.39, 0.29) is 11.3 Å². The van der Waals surface area contributed by atoms with Crippen LogP contribution in [0.3, 0.4) is 0 Å². The summed E-state index contributed by atoms with van der Waals surface area (Å²) in [6.07, 6.45) is 8.26. The largest absolute Gasteiger partial charge is 0.378 e. The summed E-state index contributed by atoms with van der Waals surface area (Å²) in [6.45, 7) is 7.69.